The molecule has 0 spiro atoms. The van der Waals surface area contributed by atoms with Gasteiger partial charge in [0.05, 0.1) is 12.7 Å². The van der Waals surface area contributed by atoms with Gasteiger partial charge in [0.2, 0.25) is 0 Å². The number of methoxy groups -OCH3 is 1. The fourth-order valence-corrected chi connectivity index (χ4v) is 2.35. The maximum Gasteiger partial charge on any atom is 0.257 e. The number of carbonyl (C=O) groups is 1. The van der Waals surface area contributed by atoms with Crippen molar-refractivity contribution in [1.29, 1.82) is 0 Å². The van der Waals surface area contributed by atoms with Gasteiger partial charge in [-0.3, -0.25) is 4.79 Å². The third-order valence-electron chi connectivity index (χ3n) is 3.29. The van der Waals surface area contributed by atoms with Gasteiger partial charge in [0.25, 0.3) is 5.91 Å². The molecule has 1 aliphatic heterocycles. The molecule has 1 heterocycles. The van der Waals surface area contributed by atoms with Crippen molar-refractivity contribution in [3.8, 4) is 5.75 Å². The molecule has 1 aliphatic rings. The van der Waals surface area contributed by atoms with Gasteiger partial charge < -0.3 is 15.0 Å². The molecule has 1 aromatic rings. The van der Waals surface area contributed by atoms with Gasteiger partial charge in [-0.1, -0.05) is 11.6 Å². The Morgan fingerprint density at radius 3 is 2.84 bits per heavy atom. The van der Waals surface area contributed by atoms with Gasteiger partial charge in [-0.2, -0.15) is 0 Å². The van der Waals surface area contributed by atoms with Crippen LogP contribution in [0.15, 0.2) is 18.2 Å². The van der Waals surface area contributed by atoms with Crippen LogP contribution in [-0.4, -0.2) is 44.1 Å². The molecule has 6 heteroatoms. The van der Waals surface area contributed by atoms with Crippen molar-refractivity contribution in [1.82, 2.24) is 10.2 Å². The highest BCUT2D eigenvalue weighted by Crippen LogP contribution is 2.24. The molecule has 0 saturated carbocycles. The molecule has 4 nitrogen and oxygen atoms in total. The van der Waals surface area contributed by atoms with Crippen LogP contribution >= 0.6 is 24.0 Å². The molecule has 0 bridgehead atoms. The molecule has 1 N–H and O–H groups in total. The van der Waals surface area contributed by atoms with E-state index in [-0.39, 0.29) is 24.4 Å². The molecule has 1 fully saturated rings. The molecule has 1 atom stereocenters. The monoisotopic (exact) mass is 304 g/mol. The average Bonchev–Trinajstić information content (AvgIpc) is 2.90. The Balaban J connectivity index is 0.00000180. The molecule has 0 radical (unpaired) electrons. The number of nitrogens with zero attached hydrogens (tertiary/aromatic N) is 1. The number of halogens is 2. The second kappa shape index (κ2) is 6.98. The van der Waals surface area contributed by atoms with E-state index in [0.717, 1.165) is 19.5 Å². The first-order valence-corrected chi connectivity index (χ1v) is 6.32. The van der Waals surface area contributed by atoms with E-state index in [1.807, 2.05) is 7.05 Å². The lowest BCUT2D eigenvalue weighted by molar-refractivity contribution is 0.0740. The molecular weight excluding hydrogens is 287 g/mol. The molecule has 1 amide bonds. The van der Waals surface area contributed by atoms with E-state index in [9.17, 15) is 4.79 Å². The second-order valence-electron chi connectivity index (χ2n) is 4.41. The molecule has 19 heavy (non-hydrogen) atoms. The highest BCUT2D eigenvalue weighted by atomic mass is 35.5. The fourth-order valence-electron chi connectivity index (χ4n) is 2.17. The number of likely N-dealkylation sites (N-methyl/N-ethyl adjacent to an activating group) is 1. The van der Waals surface area contributed by atoms with Crippen molar-refractivity contribution in [2.24, 2.45) is 0 Å². The molecular formula is C13H18Cl2N2O2. The number of benzene rings is 1. The molecule has 2 rings (SSSR count). The Labute approximate surface area is 124 Å². The van der Waals surface area contributed by atoms with Crippen molar-refractivity contribution in [2.45, 2.75) is 12.5 Å². The van der Waals surface area contributed by atoms with Crippen molar-refractivity contribution in [3.63, 3.8) is 0 Å². The zero-order valence-electron chi connectivity index (χ0n) is 11.0. The SMILES string of the molecule is COc1ccc(Cl)cc1C(=O)N(C)C1CCNC1.Cl. The molecule has 0 aromatic heterocycles. The van der Waals surface area contributed by atoms with E-state index in [4.69, 9.17) is 16.3 Å². The first-order valence-electron chi connectivity index (χ1n) is 5.95. The summed E-state index contributed by atoms with van der Waals surface area (Å²) in [5, 5.41) is 3.79. The standard InChI is InChI=1S/C13H17ClN2O2.ClH/c1-16(10-5-6-15-8-10)13(17)11-7-9(14)3-4-12(11)18-2;/h3-4,7,10,15H,5-6,8H2,1-2H3;1H. The summed E-state index contributed by atoms with van der Waals surface area (Å²) < 4.78 is 5.21. The van der Waals surface area contributed by atoms with Crippen LogP contribution in [0.1, 0.15) is 16.8 Å². The van der Waals surface area contributed by atoms with Crippen LogP contribution in [-0.2, 0) is 0 Å². The van der Waals surface area contributed by atoms with Crippen LogP contribution in [0.25, 0.3) is 0 Å². The minimum absolute atomic E-state index is 0. The highest BCUT2D eigenvalue weighted by Gasteiger charge is 2.25. The Morgan fingerprint density at radius 1 is 1.53 bits per heavy atom. The summed E-state index contributed by atoms with van der Waals surface area (Å²) >= 11 is 5.94. The minimum atomic E-state index is -0.0527. The number of rotatable bonds is 3. The Morgan fingerprint density at radius 2 is 2.26 bits per heavy atom. The third-order valence-corrected chi connectivity index (χ3v) is 3.53. The summed E-state index contributed by atoms with van der Waals surface area (Å²) in [4.78, 5) is 14.2. The van der Waals surface area contributed by atoms with Crippen molar-refractivity contribution < 1.29 is 9.53 Å². The van der Waals surface area contributed by atoms with Gasteiger partial charge in [-0.25, -0.2) is 0 Å². The predicted molar refractivity (Wildman–Crippen MR) is 78.6 cm³/mol. The molecule has 106 valence electrons. The lowest BCUT2D eigenvalue weighted by Crippen LogP contribution is -2.38. The molecule has 0 aliphatic carbocycles. The lowest BCUT2D eigenvalue weighted by Gasteiger charge is -2.24. The zero-order chi connectivity index (χ0) is 13.1. The first kappa shape index (κ1) is 16.1. The Kier molecular flexibility index (Phi) is 5.91. The van der Waals surface area contributed by atoms with Crippen LogP contribution < -0.4 is 10.1 Å². The highest BCUT2D eigenvalue weighted by molar-refractivity contribution is 6.31. The summed E-state index contributed by atoms with van der Waals surface area (Å²) in [7, 11) is 3.37. The molecule has 1 unspecified atom stereocenters. The number of hydrogen-bond acceptors (Lipinski definition) is 3. The van der Waals surface area contributed by atoms with Crippen LogP contribution in [0, 0.1) is 0 Å². The number of nitrogens with one attached hydrogen (secondary N) is 1. The third kappa shape index (κ3) is 3.53. The van der Waals surface area contributed by atoms with Crippen LogP contribution in [0.2, 0.25) is 5.02 Å². The smallest absolute Gasteiger partial charge is 0.257 e. The largest absolute Gasteiger partial charge is 0.496 e. The van der Waals surface area contributed by atoms with E-state index in [1.54, 1.807) is 30.2 Å². The Bertz CT molecular complexity index is 448. The van der Waals surface area contributed by atoms with Gasteiger partial charge >= 0.3 is 0 Å². The summed E-state index contributed by atoms with van der Waals surface area (Å²) in [6.45, 7) is 1.79. The van der Waals surface area contributed by atoms with Crippen molar-refractivity contribution >= 4 is 29.9 Å². The lowest BCUT2D eigenvalue weighted by atomic mass is 10.1. The van der Waals surface area contributed by atoms with Crippen LogP contribution in [0.5, 0.6) is 5.75 Å². The number of amides is 1. The normalized spacial score (nSPS) is 17.7. The van der Waals surface area contributed by atoms with Gasteiger partial charge in [-0.15, -0.1) is 12.4 Å². The summed E-state index contributed by atoms with van der Waals surface area (Å²) in [6, 6.07) is 5.33. The van der Waals surface area contributed by atoms with E-state index in [1.165, 1.54) is 0 Å². The molecule has 1 aromatic carbocycles. The summed E-state index contributed by atoms with van der Waals surface area (Å²) in [5.74, 6) is 0.505. The zero-order valence-corrected chi connectivity index (χ0v) is 12.6. The van der Waals surface area contributed by atoms with Crippen LogP contribution in [0.4, 0.5) is 0 Å². The van der Waals surface area contributed by atoms with Gasteiger partial charge in [0.1, 0.15) is 5.75 Å². The van der Waals surface area contributed by atoms with Gasteiger partial charge in [-0.05, 0) is 31.2 Å². The number of ether oxygens (including phenoxy) is 1. The number of hydrogen-bond donors (Lipinski definition) is 1. The summed E-state index contributed by atoms with van der Waals surface area (Å²) in [6.07, 6.45) is 0.977. The van der Waals surface area contributed by atoms with Gasteiger partial charge in [0, 0.05) is 24.7 Å². The number of carbonyl (C=O) groups excluding carboxylic acids is 1. The Hall–Kier alpha value is -0.970. The van der Waals surface area contributed by atoms with Crippen LogP contribution in [0.3, 0.4) is 0 Å². The van der Waals surface area contributed by atoms with E-state index in [0.29, 0.717) is 16.3 Å². The predicted octanol–water partition coefficient (Wildman–Crippen LogP) is 2.20. The maximum atomic E-state index is 12.4. The first-order chi connectivity index (χ1) is 8.63. The average molecular weight is 305 g/mol. The quantitative estimate of drug-likeness (QED) is 0.931. The maximum absolute atomic E-state index is 12.4. The fraction of sp³-hybridized carbons (Fsp3) is 0.462. The second-order valence-corrected chi connectivity index (χ2v) is 4.84. The topological polar surface area (TPSA) is 41.6 Å². The van der Waals surface area contributed by atoms with Crippen molar-refractivity contribution in [2.75, 3.05) is 27.2 Å². The molecule has 1 saturated heterocycles. The van der Waals surface area contributed by atoms with E-state index < -0.39 is 0 Å². The van der Waals surface area contributed by atoms with E-state index in [2.05, 4.69) is 5.32 Å². The minimum Gasteiger partial charge on any atom is -0.496 e. The summed E-state index contributed by atoms with van der Waals surface area (Å²) in [5.41, 5.74) is 0.513. The van der Waals surface area contributed by atoms with Crippen molar-refractivity contribution in [3.05, 3.63) is 28.8 Å². The van der Waals surface area contributed by atoms with Gasteiger partial charge in [0.15, 0.2) is 0 Å². The van der Waals surface area contributed by atoms with E-state index >= 15 is 0 Å².